The minimum atomic E-state index is -0.326. The number of benzene rings is 2. The van der Waals surface area contributed by atoms with Crippen LogP contribution < -0.4 is 5.32 Å². The number of rotatable bonds is 6. The lowest BCUT2D eigenvalue weighted by Crippen LogP contribution is -2.35. The summed E-state index contributed by atoms with van der Waals surface area (Å²) in [5.74, 6) is -0.144. The first-order valence-corrected chi connectivity index (χ1v) is 8.94. The molecular formula is C22H28N2O2. The largest absolute Gasteiger partial charge is 0.349 e. The monoisotopic (exact) mass is 352 g/mol. The van der Waals surface area contributed by atoms with Gasteiger partial charge in [0.05, 0.1) is 18.5 Å². The Morgan fingerprint density at radius 2 is 1.38 bits per heavy atom. The summed E-state index contributed by atoms with van der Waals surface area (Å²) in [5.41, 5.74) is 4.38. The van der Waals surface area contributed by atoms with Crippen LogP contribution in [0.15, 0.2) is 48.5 Å². The van der Waals surface area contributed by atoms with Gasteiger partial charge >= 0.3 is 0 Å². The highest BCUT2D eigenvalue weighted by Gasteiger charge is 2.23. The zero-order valence-corrected chi connectivity index (χ0v) is 16.2. The van der Waals surface area contributed by atoms with Crippen molar-refractivity contribution in [2.45, 2.75) is 46.2 Å². The highest BCUT2D eigenvalue weighted by atomic mass is 16.2. The summed E-state index contributed by atoms with van der Waals surface area (Å²) in [7, 11) is 1.81. The third kappa shape index (κ3) is 5.19. The standard InChI is InChI=1S/C22H28N2O2/c1-15-6-10-19(11-7-15)17(3)24(5)22(26)14-21(23-18(4)25)20-12-8-16(2)9-13-20/h6-13,17,21H,14H2,1-5H3,(H,23,25). The van der Waals surface area contributed by atoms with Crippen LogP contribution in [0.2, 0.25) is 0 Å². The van der Waals surface area contributed by atoms with Crippen molar-refractivity contribution in [3.05, 3.63) is 70.8 Å². The SMILES string of the molecule is CC(=O)NC(CC(=O)N(C)C(C)c1ccc(C)cc1)c1ccc(C)cc1. The number of hydrogen-bond acceptors (Lipinski definition) is 2. The number of nitrogens with zero attached hydrogens (tertiary/aromatic N) is 1. The second-order valence-corrected chi connectivity index (χ2v) is 6.96. The van der Waals surface area contributed by atoms with E-state index in [-0.39, 0.29) is 30.3 Å². The molecule has 0 aliphatic carbocycles. The van der Waals surface area contributed by atoms with Crippen molar-refractivity contribution in [2.75, 3.05) is 7.05 Å². The summed E-state index contributed by atoms with van der Waals surface area (Å²) in [6.07, 6.45) is 0.231. The predicted molar refractivity (Wildman–Crippen MR) is 105 cm³/mol. The van der Waals surface area contributed by atoms with E-state index >= 15 is 0 Å². The molecule has 0 fully saturated rings. The van der Waals surface area contributed by atoms with Crippen LogP contribution in [-0.2, 0) is 9.59 Å². The van der Waals surface area contributed by atoms with E-state index in [0.717, 1.165) is 16.7 Å². The van der Waals surface area contributed by atoms with Crippen molar-refractivity contribution in [1.82, 2.24) is 10.2 Å². The van der Waals surface area contributed by atoms with Crippen LogP contribution in [0.25, 0.3) is 0 Å². The summed E-state index contributed by atoms with van der Waals surface area (Å²) in [5, 5.41) is 2.90. The Morgan fingerprint density at radius 3 is 1.85 bits per heavy atom. The van der Waals surface area contributed by atoms with Gasteiger partial charge in [0.15, 0.2) is 0 Å². The molecule has 2 aromatic carbocycles. The molecule has 138 valence electrons. The normalized spacial score (nSPS) is 13.0. The lowest BCUT2D eigenvalue weighted by molar-refractivity contribution is -0.132. The van der Waals surface area contributed by atoms with Gasteiger partial charge in [-0.3, -0.25) is 9.59 Å². The first-order chi connectivity index (χ1) is 12.3. The number of aryl methyl sites for hydroxylation is 2. The molecule has 0 aliphatic heterocycles. The third-order valence-electron chi connectivity index (χ3n) is 4.77. The van der Waals surface area contributed by atoms with E-state index in [1.54, 1.807) is 4.90 Å². The molecule has 4 heteroatoms. The van der Waals surface area contributed by atoms with E-state index in [9.17, 15) is 9.59 Å². The number of carbonyl (C=O) groups excluding carboxylic acids is 2. The molecule has 2 rings (SSSR count). The van der Waals surface area contributed by atoms with Gasteiger partial charge in [-0.15, -0.1) is 0 Å². The number of carbonyl (C=O) groups is 2. The minimum absolute atomic E-state index is 0.00241. The number of amides is 2. The fourth-order valence-electron chi connectivity index (χ4n) is 2.90. The molecule has 0 bridgehead atoms. The van der Waals surface area contributed by atoms with Crippen molar-refractivity contribution >= 4 is 11.8 Å². The van der Waals surface area contributed by atoms with Gasteiger partial charge in [-0.1, -0.05) is 59.7 Å². The number of hydrogen-bond donors (Lipinski definition) is 1. The smallest absolute Gasteiger partial charge is 0.225 e. The van der Waals surface area contributed by atoms with Gasteiger partial charge in [-0.2, -0.15) is 0 Å². The molecule has 0 spiro atoms. The van der Waals surface area contributed by atoms with Crippen molar-refractivity contribution in [2.24, 2.45) is 0 Å². The Hall–Kier alpha value is -2.62. The van der Waals surface area contributed by atoms with Gasteiger partial charge in [0.25, 0.3) is 0 Å². The molecule has 2 amide bonds. The maximum atomic E-state index is 12.8. The molecule has 2 aromatic rings. The summed E-state index contributed by atoms with van der Waals surface area (Å²) in [4.78, 5) is 26.2. The molecule has 0 heterocycles. The van der Waals surface area contributed by atoms with Crippen LogP contribution >= 0.6 is 0 Å². The van der Waals surface area contributed by atoms with Crippen LogP contribution in [0, 0.1) is 13.8 Å². The highest BCUT2D eigenvalue weighted by Crippen LogP contribution is 2.23. The van der Waals surface area contributed by atoms with E-state index in [2.05, 4.69) is 29.6 Å². The fraction of sp³-hybridized carbons (Fsp3) is 0.364. The van der Waals surface area contributed by atoms with Crippen LogP contribution in [0.5, 0.6) is 0 Å². The topological polar surface area (TPSA) is 49.4 Å². The summed E-state index contributed by atoms with van der Waals surface area (Å²) in [6, 6.07) is 15.8. The molecule has 0 aliphatic rings. The third-order valence-corrected chi connectivity index (χ3v) is 4.77. The first-order valence-electron chi connectivity index (χ1n) is 8.94. The molecular weight excluding hydrogens is 324 g/mol. The van der Waals surface area contributed by atoms with E-state index in [1.165, 1.54) is 12.5 Å². The van der Waals surface area contributed by atoms with Crippen molar-refractivity contribution in [3.8, 4) is 0 Å². The predicted octanol–water partition coefficient (Wildman–Crippen LogP) is 4.09. The lowest BCUT2D eigenvalue weighted by atomic mass is 10.0. The maximum Gasteiger partial charge on any atom is 0.225 e. The summed E-state index contributed by atoms with van der Waals surface area (Å²) >= 11 is 0. The van der Waals surface area contributed by atoms with E-state index < -0.39 is 0 Å². The molecule has 0 radical (unpaired) electrons. The summed E-state index contributed by atoms with van der Waals surface area (Å²) in [6.45, 7) is 7.55. The van der Waals surface area contributed by atoms with Gasteiger partial charge in [-0.25, -0.2) is 0 Å². The quantitative estimate of drug-likeness (QED) is 0.851. The highest BCUT2D eigenvalue weighted by molar-refractivity contribution is 5.79. The second-order valence-electron chi connectivity index (χ2n) is 6.96. The van der Waals surface area contributed by atoms with E-state index in [1.807, 2.05) is 52.1 Å². The van der Waals surface area contributed by atoms with Crippen LogP contribution in [0.1, 0.15) is 54.6 Å². The van der Waals surface area contributed by atoms with E-state index in [4.69, 9.17) is 0 Å². The summed E-state index contributed by atoms with van der Waals surface area (Å²) < 4.78 is 0. The molecule has 2 unspecified atom stereocenters. The van der Waals surface area contributed by atoms with Gasteiger partial charge in [0, 0.05) is 14.0 Å². The van der Waals surface area contributed by atoms with Crippen LogP contribution in [0.4, 0.5) is 0 Å². The zero-order chi connectivity index (χ0) is 19.3. The van der Waals surface area contributed by atoms with Gasteiger partial charge in [-0.05, 0) is 31.9 Å². The molecule has 2 atom stereocenters. The Bertz CT molecular complexity index is 751. The Morgan fingerprint density at radius 1 is 0.923 bits per heavy atom. The Kier molecular flexibility index (Phi) is 6.56. The van der Waals surface area contributed by atoms with Crippen molar-refractivity contribution in [1.29, 1.82) is 0 Å². The Labute approximate surface area is 156 Å². The zero-order valence-electron chi connectivity index (χ0n) is 16.2. The number of nitrogens with one attached hydrogen (secondary N) is 1. The molecule has 26 heavy (non-hydrogen) atoms. The average molecular weight is 352 g/mol. The van der Waals surface area contributed by atoms with Crippen molar-refractivity contribution < 1.29 is 9.59 Å². The van der Waals surface area contributed by atoms with Gasteiger partial charge in [0.1, 0.15) is 0 Å². The molecule has 4 nitrogen and oxygen atoms in total. The van der Waals surface area contributed by atoms with Crippen LogP contribution in [0.3, 0.4) is 0 Å². The molecule has 1 N–H and O–H groups in total. The lowest BCUT2D eigenvalue weighted by Gasteiger charge is -2.28. The Balaban J connectivity index is 2.13. The molecule has 0 aromatic heterocycles. The molecule has 0 saturated carbocycles. The second kappa shape index (κ2) is 8.65. The average Bonchev–Trinajstić information content (AvgIpc) is 2.60. The van der Waals surface area contributed by atoms with Gasteiger partial charge in [0.2, 0.25) is 11.8 Å². The fourth-order valence-corrected chi connectivity index (χ4v) is 2.90. The van der Waals surface area contributed by atoms with Gasteiger partial charge < -0.3 is 10.2 Å². The van der Waals surface area contributed by atoms with Crippen LogP contribution in [-0.4, -0.2) is 23.8 Å². The maximum absolute atomic E-state index is 12.8. The minimum Gasteiger partial charge on any atom is -0.349 e. The van der Waals surface area contributed by atoms with E-state index in [0.29, 0.717) is 0 Å². The first kappa shape index (κ1) is 19.7. The van der Waals surface area contributed by atoms with Crippen molar-refractivity contribution in [3.63, 3.8) is 0 Å². The molecule has 0 saturated heterocycles.